The SMILES string of the molecule is CC(=O)Oc1ccc(C=CC=CC=C(C#N)C(=O)O)cc1. The summed E-state index contributed by atoms with van der Waals surface area (Å²) < 4.78 is 4.90. The molecule has 0 fully saturated rings. The molecule has 0 aliphatic rings. The van der Waals surface area contributed by atoms with E-state index in [1.54, 1.807) is 48.6 Å². The Labute approximate surface area is 122 Å². The third-order valence-electron chi connectivity index (χ3n) is 2.27. The van der Waals surface area contributed by atoms with Gasteiger partial charge in [-0.05, 0) is 23.8 Å². The van der Waals surface area contributed by atoms with E-state index in [0.717, 1.165) is 5.56 Å². The number of rotatable bonds is 5. The maximum absolute atomic E-state index is 10.8. The van der Waals surface area contributed by atoms with Crippen molar-refractivity contribution in [1.29, 1.82) is 5.26 Å². The molecular formula is C16H13NO4. The Bertz CT molecular complexity index is 646. The zero-order valence-corrected chi connectivity index (χ0v) is 11.3. The number of hydrogen-bond donors (Lipinski definition) is 1. The molecule has 1 N–H and O–H groups in total. The molecule has 0 spiro atoms. The van der Waals surface area contributed by atoms with Crippen LogP contribution in [0.4, 0.5) is 0 Å². The molecule has 0 saturated heterocycles. The monoisotopic (exact) mass is 283 g/mol. The van der Waals surface area contributed by atoms with Gasteiger partial charge in [-0.15, -0.1) is 0 Å². The fourth-order valence-corrected chi connectivity index (χ4v) is 1.35. The van der Waals surface area contributed by atoms with Crippen molar-refractivity contribution in [2.75, 3.05) is 0 Å². The zero-order valence-electron chi connectivity index (χ0n) is 11.3. The first kappa shape index (κ1) is 15.9. The van der Waals surface area contributed by atoms with Crippen LogP contribution in [0.25, 0.3) is 6.08 Å². The molecule has 0 saturated carbocycles. The Kier molecular flexibility index (Phi) is 6.16. The molecule has 0 aromatic heterocycles. The summed E-state index contributed by atoms with van der Waals surface area (Å²) in [5.74, 6) is -1.16. The van der Waals surface area contributed by atoms with Gasteiger partial charge in [-0.25, -0.2) is 4.79 Å². The summed E-state index contributed by atoms with van der Waals surface area (Å²) >= 11 is 0. The molecule has 0 aliphatic heterocycles. The predicted octanol–water partition coefficient (Wildman–Crippen LogP) is 2.72. The van der Waals surface area contributed by atoms with Crippen LogP contribution in [0.3, 0.4) is 0 Å². The first-order valence-electron chi connectivity index (χ1n) is 6.00. The van der Waals surface area contributed by atoms with Crippen molar-refractivity contribution in [1.82, 2.24) is 0 Å². The molecule has 0 bridgehead atoms. The average molecular weight is 283 g/mol. The first-order valence-corrected chi connectivity index (χ1v) is 6.00. The number of carbonyl (C=O) groups excluding carboxylic acids is 1. The molecule has 0 unspecified atom stereocenters. The predicted molar refractivity (Wildman–Crippen MR) is 77.3 cm³/mol. The highest BCUT2D eigenvalue weighted by Crippen LogP contribution is 2.13. The number of esters is 1. The number of aliphatic carboxylic acids is 1. The fourth-order valence-electron chi connectivity index (χ4n) is 1.35. The molecule has 0 atom stereocenters. The molecule has 5 nitrogen and oxygen atoms in total. The third kappa shape index (κ3) is 6.03. The average Bonchev–Trinajstić information content (AvgIpc) is 2.43. The quantitative estimate of drug-likeness (QED) is 0.295. The highest BCUT2D eigenvalue weighted by molar-refractivity contribution is 5.91. The van der Waals surface area contributed by atoms with Gasteiger partial charge in [0.2, 0.25) is 0 Å². The normalized spacial score (nSPS) is 11.5. The molecule has 0 radical (unpaired) electrons. The van der Waals surface area contributed by atoms with Crippen LogP contribution < -0.4 is 4.74 Å². The largest absolute Gasteiger partial charge is 0.477 e. The first-order chi connectivity index (χ1) is 10.0. The Balaban J connectivity index is 2.63. The second kappa shape index (κ2) is 8.12. The number of carboxylic acids is 1. The highest BCUT2D eigenvalue weighted by Gasteiger charge is 2.02. The standard InChI is InChI=1S/C16H13NO4/c1-12(18)21-15-9-7-13(8-10-15)5-3-2-4-6-14(11-17)16(19)20/h2-10H,1H3,(H,19,20). The maximum Gasteiger partial charge on any atom is 0.346 e. The molecule has 0 amide bonds. The maximum atomic E-state index is 10.8. The lowest BCUT2D eigenvalue weighted by Gasteiger charge is -2.00. The fraction of sp³-hybridized carbons (Fsp3) is 0.0625. The van der Waals surface area contributed by atoms with Crippen LogP contribution in [0.5, 0.6) is 5.75 Å². The minimum Gasteiger partial charge on any atom is -0.477 e. The van der Waals surface area contributed by atoms with Crippen molar-refractivity contribution < 1.29 is 19.4 Å². The summed E-state index contributed by atoms with van der Waals surface area (Å²) in [4.78, 5) is 21.3. The number of carbonyl (C=O) groups is 2. The Morgan fingerprint density at radius 3 is 2.38 bits per heavy atom. The van der Waals surface area contributed by atoms with Crippen molar-refractivity contribution >= 4 is 18.0 Å². The van der Waals surface area contributed by atoms with Crippen LogP contribution in [-0.4, -0.2) is 17.0 Å². The second-order valence-corrected chi connectivity index (χ2v) is 3.90. The third-order valence-corrected chi connectivity index (χ3v) is 2.27. The topological polar surface area (TPSA) is 87.4 Å². The summed E-state index contributed by atoms with van der Waals surface area (Å²) in [6, 6.07) is 8.46. The van der Waals surface area contributed by atoms with Gasteiger partial charge >= 0.3 is 11.9 Å². The lowest BCUT2D eigenvalue weighted by Crippen LogP contribution is -2.00. The lowest BCUT2D eigenvalue weighted by molar-refractivity contribution is -0.133. The number of nitriles is 1. The van der Waals surface area contributed by atoms with Gasteiger partial charge in [-0.2, -0.15) is 5.26 Å². The van der Waals surface area contributed by atoms with E-state index >= 15 is 0 Å². The number of carboxylic acid groups (broad SMARTS) is 1. The van der Waals surface area contributed by atoms with E-state index in [2.05, 4.69) is 0 Å². The van der Waals surface area contributed by atoms with Crippen LogP contribution in [0.1, 0.15) is 12.5 Å². The Morgan fingerprint density at radius 2 is 1.86 bits per heavy atom. The van der Waals surface area contributed by atoms with E-state index in [0.29, 0.717) is 5.75 Å². The lowest BCUT2D eigenvalue weighted by atomic mass is 10.2. The van der Waals surface area contributed by atoms with Gasteiger partial charge in [0.05, 0.1) is 0 Å². The van der Waals surface area contributed by atoms with Gasteiger partial charge in [0, 0.05) is 6.92 Å². The summed E-state index contributed by atoms with van der Waals surface area (Å²) in [6.45, 7) is 1.33. The Morgan fingerprint density at radius 1 is 1.19 bits per heavy atom. The zero-order chi connectivity index (χ0) is 15.7. The summed E-state index contributed by atoms with van der Waals surface area (Å²) in [7, 11) is 0. The molecule has 0 aliphatic carbocycles. The molecule has 5 heteroatoms. The number of benzene rings is 1. The molecule has 106 valence electrons. The molecular weight excluding hydrogens is 270 g/mol. The molecule has 1 rings (SSSR count). The van der Waals surface area contributed by atoms with Gasteiger partial charge < -0.3 is 9.84 Å². The van der Waals surface area contributed by atoms with Gasteiger partial charge in [-0.3, -0.25) is 4.79 Å². The van der Waals surface area contributed by atoms with Crippen LogP contribution in [-0.2, 0) is 9.59 Å². The van der Waals surface area contributed by atoms with Crippen molar-refractivity contribution in [3.05, 3.63) is 59.7 Å². The van der Waals surface area contributed by atoms with Crippen LogP contribution in [0.15, 0.2) is 54.1 Å². The molecule has 1 aromatic carbocycles. The van der Waals surface area contributed by atoms with Gasteiger partial charge in [0.1, 0.15) is 17.4 Å². The van der Waals surface area contributed by atoms with Crippen LogP contribution in [0.2, 0.25) is 0 Å². The van der Waals surface area contributed by atoms with Crippen molar-refractivity contribution in [2.45, 2.75) is 6.92 Å². The number of ether oxygens (including phenoxy) is 1. The van der Waals surface area contributed by atoms with Gasteiger partial charge in [0.15, 0.2) is 0 Å². The van der Waals surface area contributed by atoms with Gasteiger partial charge in [0.25, 0.3) is 0 Å². The highest BCUT2D eigenvalue weighted by atomic mass is 16.5. The van der Waals surface area contributed by atoms with E-state index in [-0.39, 0.29) is 11.5 Å². The van der Waals surface area contributed by atoms with Crippen molar-refractivity contribution in [3.8, 4) is 11.8 Å². The number of hydrogen-bond acceptors (Lipinski definition) is 4. The van der Waals surface area contributed by atoms with E-state index in [1.165, 1.54) is 19.1 Å². The van der Waals surface area contributed by atoms with Crippen LogP contribution >= 0.6 is 0 Å². The van der Waals surface area contributed by atoms with Gasteiger partial charge in [-0.1, -0.05) is 36.4 Å². The summed E-state index contributed by atoms with van der Waals surface area (Å²) in [6.07, 6.45) is 7.79. The molecule has 21 heavy (non-hydrogen) atoms. The molecule has 0 heterocycles. The minimum atomic E-state index is -1.26. The van der Waals surface area contributed by atoms with E-state index in [1.807, 2.05) is 0 Å². The van der Waals surface area contributed by atoms with E-state index in [9.17, 15) is 9.59 Å². The molecule has 1 aromatic rings. The summed E-state index contributed by atoms with van der Waals surface area (Å²) in [5.41, 5.74) is 0.559. The van der Waals surface area contributed by atoms with E-state index < -0.39 is 5.97 Å². The number of allylic oxidation sites excluding steroid dienone is 4. The van der Waals surface area contributed by atoms with Crippen molar-refractivity contribution in [2.24, 2.45) is 0 Å². The van der Waals surface area contributed by atoms with Crippen LogP contribution in [0, 0.1) is 11.3 Å². The smallest absolute Gasteiger partial charge is 0.346 e. The summed E-state index contributed by atoms with van der Waals surface area (Å²) in [5, 5.41) is 17.2. The second-order valence-electron chi connectivity index (χ2n) is 3.90. The Hall–Kier alpha value is -3.13. The minimum absolute atomic E-state index is 0.328. The van der Waals surface area contributed by atoms with Crippen molar-refractivity contribution in [3.63, 3.8) is 0 Å². The van der Waals surface area contributed by atoms with E-state index in [4.69, 9.17) is 15.1 Å². The number of nitrogens with zero attached hydrogens (tertiary/aromatic N) is 1.